The van der Waals surface area contributed by atoms with Gasteiger partial charge in [0.1, 0.15) is 5.01 Å². The second-order valence-electron chi connectivity index (χ2n) is 3.12. The molecule has 2 aromatic rings. The molecule has 0 amide bonds. The molecule has 0 unspecified atom stereocenters. The van der Waals surface area contributed by atoms with Crippen LogP contribution in [0.5, 0.6) is 0 Å². The van der Waals surface area contributed by atoms with Crippen molar-refractivity contribution in [2.45, 2.75) is 17.7 Å². The first-order valence-electron chi connectivity index (χ1n) is 4.50. The summed E-state index contributed by atoms with van der Waals surface area (Å²) in [6, 6.07) is 0. The smallest absolute Gasteiger partial charge is 0.248 e. The number of thiazole rings is 2. The third-order valence-corrected chi connectivity index (χ3v) is 5.69. The molecule has 2 aromatic heterocycles. The number of nitrogens with one attached hydrogen (secondary N) is 1. The molecule has 0 aliphatic rings. The summed E-state index contributed by atoms with van der Waals surface area (Å²) >= 11 is 7.97. The minimum atomic E-state index is -3.54. The van der Waals surface area contributed by atoms with Crippen molar-refractivity contribution < 1.29 is 8.42 Å². The van der Waals surface area contributed by atoms with Crippen LogP contribution in [-0.2, 0) is 16.6 Å². The summed E-state index contributed by atoms with van der Waals surface area (Å²) in [4.78, 5) is 8.81. The van der Waals surface area contributed by atoms with E-state index in [4.69, 9.17) is 11.6 Å². The number of rotatable bonds is 4. The first kappa shape index (κ1) is 12.9. The van der Waals surface area contributed by atoms with E-state index in [2.05, 4.69) is 14.7 Å². The van der Waals surface area contributed by atoms with Crippen LogP contribution in [0.2, 0.25) is 4.47 Å². The molecule has 0 bridgehead atoms. The van der Waals surface area contributed by atoms with Crippen LogP contribution in [0.4, 0.5) is 0 Å². The fourth-order valence-corrected chi connectivity index (χ4v) is 4.22. The Morgan fingerprint density at radius 3 is 2.65 bits per heavy atom. The Kier molecular flexibility index (Phi) is 3.79. The number of hydrogen-bond acceptors (Lipinski definition) is 6. The van der Waals surface area contributed by atoms with Gasteiger partial charge in [-0.1, -0.05) is 22.9 Å². The summed E-state index contributed by atoms with van der Waals surface area (Å²) in [5.74, 6) is 0. The molecule has 5 nitrogen and oxygen atoms in total. The van der Waals surface area contributed by atoms with Crippen molar-refractivity contribution in [1.29, 1.82) is 0 Å². The standard InChI is InChI=1S/C8H8ClN3O2S3/c1-5-2-10-6(15-5)3-12-17(13,14)7-4-11-8(9)16-7/h2,4,12H,3H2,1H3. The molecule has 0 radical (unpaired) electrons. The topological polar surface area (TPSA) is 72.0 Å². The summed E-state index contributed by atoms with van der Waals surface area (Å²) in [6.07, 6.45) is 2.94. The molecule has 2 rings (SSSR count). The van der Waals surface area contributed by atoms with Gasteiger partial charge in [-0.2, -0.15) is 0 Å². The number of nitrogens with zero attached hydrogens (tertiary/aromatic N) is 2. The highest BCUT2D eigenvalue weighted by molar-refractivity contribution is 7.91. The van der Waals surface area contributed by atoms with Crippen LogP contribution in [0.15, 0.2) is 16.6 Å². The molecule has 2 heterocycles. The summed E-state index contributed by atoms with van der Waals surface area (Å²) in [6.45, 7) is 2.09. The van der Waals surface area contributed by atoms with Crippen molar-refractivity contribution in [3.63, 3.8) is 0 Å². The van der Waals surface area contributed by atoms with Gasteiger partial charge in [0.25, 0.3) is 10.0 Å². The molecular weight excluding hydrogens is 302 g/mol. The van der Waals surface area contributed by atoms with Gasteiger partial charge in [0.2, 0.25) is 0 Å². The van der Waals surface area contributed by atoms with Gasteiger partial charge in [-0.25, -0.2) is 23.1 Å². The molecule has 92 valence electrons. The van der Waals surface area contributed by atoms with Gasteiger partial charge in [0.15, 0.2) is 8.68 Å². The summed E-state index contributed by atoms with van der Waals surface area (Å²) in [5.41, 5.74) is 0. The van der Waals surface area contributed by atoms with E-state index in [1.165, 1.54) is 17.5 Å². The Balaban J connectivity index is 2.08. The van der Waals surface area contributed by atoms with E-state index in [0.717, 1.165) is 21.2 Å². The van der Waals surface area contributed by atoms with Gasteiger partial charge >= 0.3 is 0 Å². The monoisotopic (exact) mass is 309 g/mol. The predicted molar refractivity (Wildman–Crippen MR) is 68.0 cm³/mol. The van der Waals surface area contributed by atoms with Crippen molar-refractivity contribution >= 4 is 44.3 Å². The van der Waals surface area contributed by atoms with Gasteiger partial charge in [-0.05, 0) is 6.92 Å². The van der Waals surface area contributed by atoms with Crippen LogP contribution in [0.25, 0.3) is 0 Å². The highest BCUT2D eigenvalue weighted by atomic mass is 35.5. The summed E-state index contributed by atoms with van der Waals surface area (Å²) in [5, 5.41) is 0.724. The lowest BCUT2D eigenvalue weighted by Crippen LogP contribution is -2.22. The zero-order valence-electron chi connectivity index (χ0n) is 8.68. The normalized spacial score (nSPS) is 11.9. The highest BCUT2D eigenvalue weighted by Crippen LogP contribution is 2.22. The molecule has 1 N–H and O–H groups in total. The fraction of sp³-hybridized carbons (Fsp3) is 0.250. The van der Waals surface area contributed by atoms with Gasteiger partial charge in [0.05, 0.1) is 12.7 Å². The first-order valence-corrected chi connectivity index (χ1v) is 7.99. The van der Waals surface area contributed by atoms with Crippen LogP contribution in [0.1, 0.15) is 9.88 Å². The van der Waals surface area contributed by atoms with Crippen molar-refractivity contribution in [1.82, 2.24) is 14.7 Å². The Bertz CT molecular complexity index is 620. The number of hydrogen-bond donors (Lipinski definition) is 1. The average molecular weight is 310 g/mol. The zero-order valence-corrected chi connectivity index (χ0v) is 11.9. The first-order chi connectivity index (χ1) is 7.97. The minimum absolute atomic E-state index is 0.107. The van der Waals surface area contributed by atoms with Gasteiger partial charge in [0, 0.05) is 11.1 Å². The maximum atomic E-state index is 11.8. The van der Waals surface area contributed by atoms with E-state index in [1.807, 2.05) is 6.92 Å². The van der Waals surface area contributed by atoms with Crippen molar-refractivity contribution in [3.05, 3.63) is 26.7 Å². The molecule has 0 aliphatic heterocycles. The SMILES string of the molecule is Cc1cnc(CNS(=O)(=O)c2cnc(Cl)s2)s1. The summed E-state index contributed by atoms with van der Waals surface area (Å²) in [7, 11) is -3.54. The van der Waals surface area contributed by atoms with E-state index >= 15 is 0 Å². The molecule has 0 aliphatic carbocycles. The second kappa shape index (κ2) is 4.99. The largest absolute Gasteiger partial charge is 0.252 e. The number of sulfonamides is 1. The fourth-order valence-electron chi connectivity index (χ4n) is 1.07. The third-order valence-electron chi connectivity index (χ3n) is 1.80. The van der Waals surface area contributed by atoms with E-state index in [0.29, 0.717) is 0 Å². The van der Waals surface area contributed by atoms with Gasteiger partial charge in [-0.3, -0.25) is 0 Å². The Morgan fingerprint density at radius 1 is 1.35 bits per heavy atom. The van der Waals surface area contributed by atoms with Crippen LogP contribution < -0.4 is 4.72 Å². The Hall–Kier alpha value is -0.540. The van der Waals surface area contributed by atoms with E-state index in [-0.39, 0.29) is 15.2 Å². The minimum Gasteiger partial charge on any atom is -0.248 e. The van der Waals surface area contributed by atoms with Crippen LogP contribution in [-0.4, -0.2) is 18.4 Å². The van der Waals surface area contributed by atoms with Crippen LogP contribution >= 0.6 is 34.3 Å². The maximum Gasteiger partial charge on any atom is 0.252 e. The van der Waals surface area contributed by atoms with E-state index in [9.17, 15) is 8.42 Å². The highest BCUT2D eigenvalue weighted by Gasteiger charge is 2.17. The van der Waals surface area contributed by atoms with Gasteiger partial charge in [-0.15, -0.1) is 11.3 Å². The van der Waals surface area contributed by atoms with Crippen molar-refractivity contribution in [2.75, 3.05) is 0 Å². The lowest BCUT2D eigenvalue weighted by Gasteiger charge is -2.01. The lowest BCUT2D eigenvalue weighted by atomic mass is 10.6. The molecule has 0 saturated carbocycles. The molecule has 9 heteroatoms. The Morgan fingerprint density at radius 2 is 2.12 bits per heavy atom. The molecule has 0 aromatic carbocycles. The van der Waals surface area contributed by atoms with Crippen molar-refractivity contribution in [3.8, 4) is 0 Å². The maximum absolute atomic E-state index is 11.8. The zero-order chi connectivity index (χ0) is 12.5. The quantitative estimate of drug-likeness (QED) is 0.938. The third kappa shape index (κ3) is 3.23. The second-order valence-corrected chi connectivity index (χ2v) is 8.05. The predicted octanol–water partition coefficient (Wildman–Crippen LogP) is 2.04. The van der Waals surface area contributed by atoms with E-state index in [1.54, 1.807) is 6.20 Å². The Labute approximate surface area is 112 Å². The van der Waals surface area contributed by atoms with Crippen LogP contribution in [0, 0.1) is 6.92 Å². The average Bonchev–Trinajstić information content (AvgIpc) is 2.85. The molecule has 0 spiro atoms. The van der Waals surface area contributed by atoms with E-state index < -0.39 is 10.0 Å². The summed E-state index contributed by atoms with van der Waals surface area (Å²) < 4.78 is 26.4. The number of halogens is 1. The number of aromatic nitrogens is 2. The molecule has 0 saturated heterocycles. The molecule has 17 heavy (non-hydrogen) atoms. The van der Waals surface area contributed by atoms with Gasteiger partial charge < -0.3 is 0 Å². The van der Waals surface area contributed by atoms with Crippen LogP contribution in [0.3, 0.4) is 0 Å². The molecule has 0 fully saturated rings. The molecule has 0 atom stereocenters. The van der Waals surface area contributed by atoms with Crippen molar-refractivity contribution in [2.24, 2.45) is 0 Å². The molecular formula is C8H8ClN3O2S3. The number of aryl methyl sites for hydroxylation is 1. The lowest BCUT2D eigenvalue weighted by molar-refractivity contribution is 0.583.